The minimum absolute atomic E-state index is 0.109. The summed E-state index contributed by atoms with van der Waals surface area (Å²) in [5, 5.41) is 8.36. The Morgan fingerprint density at radius 1 is 1.28 bits per heavy atom. The molecule has 2 aromatic heterocycles. The molecule has 6 nitrogen and oxygen atoms in total. The van der Waals surface area contributed by atoms with Gasteiger partial charge in [-0.2, -0.15) is 5.10 Å². The van der Waals surface area contributed by atoms with Crippen molar-refractivity contribution in [3.05, 3.63) is 60.1 Å². The van der Waals surface area contributed by atoms with E-state index in [9.17, 15) is 4.79 Å². The highest BCUT2D eigenvalue weighted by molar-refractivity contribution is 5.92. The quantitative estimate of drug-likeness (QED) is 0.736. The van der Waals surface area contributed by atoms with E-state index in [1.165, 1.54) is 5.56 Å². The molecule has 1 aliphatic heterocycles. The van der Waals surface area contributed by atoms with E-state index in [-0.39, 0.29) is 17.7 Å². The summed E-state index contributed by atoms with van der Waals surface area (Å²) >= 11 is 0. The Morgan fingerprint density at radius 2 is 2.12 bits per heavy atom. The van der Waals surface area contributed by atoms with Crippen LogP contribution in [0.4, 0.5) is 0 Å². The maximum atomic E-state index is 12.8. The van der Waals surface area contributed by atoms with E-state index < -0.39 is 0 Å². The number of benzene rings is 1. The second-order valence-electron chi connectivity index (χ2n) is 6.48. The molecule has 1 amide bonds. The van der Waals surface area contributed by atoms with E-state index in [4.69, 9.17) is 4.52 Å². The molecule has 1 aliphatic rings. The van der Waals surface area contributed by atoms with E-state index >= 15 is 0 Å². The van der Waals surface area contributed by atoms with Gasteiger partial charge in [0.2, 0.25) is 5.76 Å². The Hall–Kier alpha value is -2.89. The Morgan fingerprint density at radius 3 is 2.88 bits per heavy atom. The van der Waals surface area contributed by atoms with Crippen LogP contribution in [0.25, 0.3) is 11.3 Å². The second kappa shape index (κ2) is 6.55. The van der Waals surface area contributed by atoms with Crippen LogP contribution in [0.1, 0.15) is 35.0 Å². The fourth-order valence-electron chi connectivity index (χ4n) is 3.24. The van der Waals surface area contributed by atoms with Crippen LogP contribution in [0.3, 0.4) is 0 Å². The summed E-state index contributed by atoms with van der Waals surface area (Å²) in [5.74, 6) is 0.180. The maximum absolute atomic E-state index is 12.8. The van der Waals surface area contributed by atoms with Gasteiger partial charge in [0.05, 0.1) is 6.04 Å². The van der Waals surface area contributed by atoms with Crippen molar-refractivity contribution in [2.45, 2.75) is 25.8 Å². The lowest BCUT2D eigenvalue weighted by Gasteiger charge is -2.32. The zero-order chi connectivity index (χ0) is 17.2. The molecular weight excluding hydrogens is 316 g/mol. The van der Waals surface area contributed by atoms with Crippen molar-refractivity contribution in [3.8, 4) is 11.3 Å². The zero-order valence-corrected chi connectivity index (χ0v) is 14.1. The summed E-state index contributed by atoms with van der Waals surface area (Å²) in [4.78, 5) is 14.6. The van der Waals surface area contributed by atoms with Gasteiger partial charge < -0.3 is 9.42 Å². The van der Waals surface area contributed by atoms with Gasteiger partial charge in [-0.05, 0) is 25.8 Å². The Kier molecular flexibility index (Phi) is 4.09. The fraction of sp³-hybridized carbons (Fsp3) is 0.316. The van der Waals surface area contributed by atoms with Crippen molar-refractivity contribution in [2.75, 3.05) is 13.1 Å². The second-order valence-corrected chi connectivity index (χ2v) is 6.48. The van der Waals surface area contributed by atoms with Gasteiger partial charge in [-0.1, -0.05) is 35.0 Å². The van der Waals surface area contributed by atoms with E-state index in [0.29, 0.717) is 12.2 Å². The van der Waals surface area contributed by atoms with Crippen LogP contribution in [0.15, 0.2) is 53.3 Å². The highest BCUT2D eigenvalue weighted by atomic mass is 16.5. The van der Waals surface area contributed by atoms with Gasteiger partial charge in [0, 0.05) is 37.1 Å². The number of aryl methyl sites for hydroxylation is 1. The van der Waals surface area contributed by atoms with Gasteiger partial charge in [-0.15, -0.1) is 0 Å². The molecule has 0 N–H and O–H groups in total. The predicted molar refractivity (Wildman–Crippen MR) is 93.1 cm³/mol. The van der Waals surface area contributed by atoms with E-state index in [1.807, 2.05) is 53.0 Å². The normalized spacial score (nSPS) is 17.6. The number of hydrogen-bond acceptors (Lipinski definition) is 4. The molecule has 3 aromatic rings. The van der Waals surface area contributed by atoms with Gasteiger partial charge in [-0.3, -0.25) is 9.48 Å². The highest BCUT2D eigenvalue weighted by Crippen LogP contribution is 2.24. The largest absolute Gasteiger partial charge is 0.350 e. The third-order valence-electron chi connectivity index (χ3n) is 4.65. The van der Waals surface area contributed by atoms with Gasteiger partial charge in [0.15, 0.2) is 0 Å². The molecule has 0 radical (unpaired) electrons. The Labute approximate surface area is 146 Å². The smallest absolute Gasteiger partial charge is 0.292 e. The number of rotatable bonds is 3. The van der Waals surface area contributed by atoms with Crippen LogP contribution in [0.5, 0.6) is 0 Å². The van der Waals surface area contributed by atoms with Crippen LogP contribution >= 0.6 is 0 Å². The number of piperidine rings is 1. The summed E-state index contributed by atoms with van der Waals surface area (Å²) in [6, 6.07) is 11.9. The monoisotopic (exact) mass is 336 g/mol. The molecule has 4 rings (SSSR count). The molecule has 1 aromatic carbocycles. The molecule has 1 fully saturated rings. The SMILES string of the molecule is Cc1ccc(-c2cc(C(=O)N3CCCC(n4cccn4)C3)on2)cc1. The molecule has 6 heteroatoms. The summed E-state index contributed by atoms with van der Waals surface area (Å²) < 4.78 is 7.25. The minimum atomic E-state index is -0.109. The molecule has 0 spiro atoms. The lowest BCUT2D eigenvalue weighted by atomic mass is 10.1. The summed E-state index contributed by atoms with van der Waals surface area (Å²) in [6.45, 7) is 3.41. The van der Waals surface area contributed by atoms with E-state index in [2.05, 4.69) is 10.3 Å². The van der Waals surface area contributed by atoms with E-state index in [1.54, 1.807) is 12.3 Å². The molecule has 1 unspecified atom stereocenters. The predicted octanol–water partition coefficient (Wildman–Crippen LogP) is 3.32. The van der Waals surface area contributed by atoms with Gasteiger partial charge in [-0.25, -0.2) is 0 Å². The molecule has 3 heterocycles. The third kappa shape index (κ3) is 3.20. The fourth-order valence-corrected chi connectivity index (χ4v) is 3.24. The number of hydrogen-bond donors (Lipinski definition) is 0. The maximum Gasteiger partial charge on any atom is 0.292 e. The van der Waals surface area contributed by atoms with Gasteiger partial charge in [0.1, 0.15) is 5.69 Å². The lowest BCUT2D eigenvalue weighted by molar-refractivity contribution is 0.0631. The summed E-state index contributed by atoms with van der Waals surface area (Å²) in [6.07, 6.45) is 5.69. The summed E-state index contributed by atoms with van der Waals surface area (Å²) in [5.41, 5.74) is 2.81. The van der Waals surface area contributed by atoms with Crippen LogP contribution in [0.2, 0.25) is 0 Å². The van der Waals surface area contributed by atoms with Crippen molar-refractivity contribution >= 4 is 5.91 Å². The van der Waals surface area contributed by atoms with Crippen molar-refractivity contribution in [2.24, 2.45) is 0 Å². The average Bonchev–Trinajstić information content (AvgIpc) is 3.34. The molecule has 0 bridgehead atoms. The summed E-state index contributed by atoms with van der Waals surface area (Å²) in [7, 11) is 0. The van der Waals surface area contributed by atoms with Crippen LogP contribution in [-0.4, -0.2) is 38.8 Å². The topological polar surface area (TPSA) is 64.2 Å². The van der Waals surface area contributed by atoms with Crippen LogP contribution in [0, 0.1) is 6.92 Å². The van der Waals surface area contributed by atoms with Crippen molar-refractivity contribution in [1.29, 1.82) is 0 Å². The Bertz CT molecular complexity index is 852. The average molecular weight is 336 g/mol. The molecule has 128 valence electrons. The number of nitrogens with zero attached hydrogens (tertiary/aromatic N) is 4. The van der Waals surface area contributed by atoms with Gasteiger partial charge >= 0.3 is 0 Å². The molecule has 25 heavy (non-hydrogen) atoms. The van der Waals surface area contributed by atoms with Crippen LogP contribution in [-0.2, 0) is 0 Å². The Balaban J connectivity index is 1.50. The number of carbonyl (C=O) groups excluding carboxylic acids is 1. The molecule has 0 aliphatic carbocycles. The molecule has 0 saturated carbocycles. The third-order valence-corrected chi connectivity index (χ3v) is 4.65. The zero-order valence-electron chi connectivity index (χ0n) is 14.1. The van der Waals surface area contributed by atoms with Crippen molar-refractivity contribution < 1.29 is 9.32 Å². The standard InChI is InChI=1S/C19H20N4O2/c1-14-5-7-15(8-6-14)17-12-18(25-21-17)19(24)22-10-2-4-16(13-22)23-11-3-9-20-23/h3,5-9,11-12,16H,2,4,10,13H2,1H3. The van der Waals surface area contributed by atoms with E-state index in [0.717, 1.165) is 24.9 Å². The number of carbonyl (C=O) groups is 1. The molecule has 1 saturated heterocycles. The highest BCUT2D eigenvalue weighted by Gasteiger charge is 2.28. The lowest BCUT2D eigenvalue weighted by Crippen LogP contribution is -2.40. The molecule has 1 atom stereocenters. The number of likely N-dealkylation sites (tertiary alicyclic amines) is 1. The first kappa shape index (κ1) is 15.6. The van der Waals surface area contributed by atoms with Crippen molar-refractivity contribution in [3.63, 3.8) is 0 Å². The molecular formula is C19H20N4O2. The number of amides is 1. The first-order valence-electron chi connectivity index (χ1n) is 8.53. The van der Waals surface area contributed by atoms with Crippen LogP contribution < -0.4 is 0 Å². The first-order chi connectivity index (χ1) is 12.2. The van der Waals surface area contributed by atoms with Crippen molar-refractivity contribution in [1.82, 2.24) is 19.8 Å². The number of aromatic nitrogens is 3. The van der Waals surface area contributed by atoms with Gasteiger partial charge in [0.25, 0.3) is 5.91 Å². The minimum Gasteiger partial charge on any atom is -0.350 e. The first-order valence-corrected chi connectivity index (χ1v) is 8.53.